The summed E-state index contributed by atoms with van der Waals surface area (Å²) in [5, 5.41) is 0.692. The predicted octanol–water partition coefficient (Wildman–Crippen LogP) is 4.96. The molecule has 0 unspecified atom stereocenters. The van der Waals surface area contributed by atoms with Crippen LogP contribution in [0.3, 0.4) is 0 Å². The summed E-state index contributed by atoms with van der Waals surface area (Å²) in [6, 6.07) is 12.3. The quantitative estimate of drug-likeness (QED) is 0.770. The molecule has 0 radical (unpaired) electrons. The molecule has 2 rings (SSSR count). The van der Waals surface area contributed by atoms with Gasteiger partial charge in [0.25, 0.3) is 0 Å². The number of ether oxygens (including phenoxy) is 1. The third-order valence-electron chi connectivity index (χ3n) is 2.45. The molecule has 0 aliphatic heterocycles. The standard InChI is InChI=1S/C14H11BrClFO/c15-12-4-3-11(14(17)7-12)9-18-8-10-1-5-13(16)6-2-10/h1-7H,8-9H2. The third kappa shape index (κ3) is 3.80. The Morgan fingerprint density at radius 2 is 1.78 bits per heavy atom. The van der Waals surface area contributed by atoms with E-state index in [0.29, 0.717) is 17.2 Å². The minimum absolute atomic E-state index is 0.252. The van der Waals surface area contributed by atoms with Crippen LogP contribution in [0.5, 0.6) is 0 Å². The topological polar surface area (TPSA) is 9.23 Å². The second kappa shape index (κ2) is 6.32. The minimum atomic E-state index is -0.263. The highest BCUT2D eigenvalue weighted by Crippen LogP contribution is 2.17. The van der Waals surface area contributed by atoms with E-state index in [2.05, 4.69) is 15.9 Å². The number of rotatable bonds is 4. The monoisotopic (exact) mass is 328 g/mol. The Bertz CT molecular complexity index is 528. The lowest BCUT2D eigenvalue weighted by atomic mass is 10.2. The molecular weight excluding hydrogens is 319 g/mol. The predicted molar refractivity (Wildman–Crippen MR) is 74.0 cm³/mol. The van der Waals surface area contributed by atoms with Crippen LogP contribution >= 0.6 is 27.5 Å². The fourth-order valence-electron chi connectivity index (χ4n) is 1.50. The molecule has 0 amide bonds. The fraction of sp³-hybridized carbons (Fsp3) is 0.143. The molecule has 0 N–H and O–H groups in total. The van der Waals surface area contributed by atoms with Crippen molar-refractivity contribution in [3.8, 4) is 0 Å². The van der Waals surface area contributed by atoms with Gasteiger partial charge < -0.3 is 4.74 Å². The maximum atomic E-state index is 13.5. The molecule has 18 heavy (non-hydrogen) atoms. The molecule has 0 fully saturated rings. The summed E-state index contributed by atoms with van der Waals surface area (Å²) < 4.78 is 19.7. The van der Waals surface area contributed by atoms with Gasteiger partial charge in [-0.2, -0.15) is 0 Å². The molecule has 0 saturated heterocycles. The highest BCUT2D eigenvalue weighted by molar-refractivity contribution is 9.10. The van der Waals surface area contributed by atoms with Gasteiger partial charge >= 0.3 is 0 Å². The van der Waals surface area contributed by atoms with Crippen LogP contribution in [0.4, 0.5) is 4.39 Å². The SMILES string of the molecule is Fc1cc(Br)ccc1COCc1ccc(Cl)cc1. The van der Waals surface area contributed by atoms with Gasteiger partial charge in [-0.25, -0.2) is 4.39 Å². The molecular formula is C14H11BrClFO. The van der Waals surface area contributed by atoms with Crippen molar-refractivity contribution in [2.45, 2.75) is 13.2 Å². The zero-order chi connectivity index (χ0) is 13.0. The van der Waals surface area contributed by atoms with Crippen molar-refractivity contribution in [1.29, 1.82) is 0 Å². The highest BCUT2D eigenvalue weighted by Gasteiger charge is 2.03. The summed E-state index contributed by atoms with van der Waals surface area (Å²) in [4.78, 5) is 0. The van der Waals surface area contributed by atoms with Crippen molar-refractivity contribution in [3.05, 3.63) is 68.9 Å². The van der Waals surface area contributed by atoms with Gasteiger partial charge in [-0.1, -0.05) is 45.7 Å². The molecule has 0 atom stereocenters. The van der Waals surface area contributed by atoms with Crippen LogP contribution in [0, 0.1) is 5.82 Å². The summed E-state index contributed by atoms with van der Waals surface area (Å²) in [6.45, 7) is 0.689. The molecule has 0 bridgehead atoms. The molecule has 0 aromatic heterocycles. The van der Waals surface area contributed by atoms with Crippen molar-refractivity contribution < 1.29 is 9.13 Å². The molecule has 0 spiro atoms. The Morgan fingerprint density at radius 1 is 1.06 bits per heavy atom. The molecule has 1 nitrogen and oxygen atoms in total. The van der Waals surface area contributed by atoms with Gasteiger partial charge in [0.15, 0.2) is 0 Å². The molecule has 2 aromatic rings. The second-order valence-corrected chi connectivity index (χ2v) is 5.21. The van der Waals surface area contributed by atoms with Crippen LogP contribution in [-0.2, 0) is 18.0 Å². The Balaban J connectivity index is 1.90. The Hall–Kier alpha value is -0.900. The first-order valence-electron chi connectivity index (χ1n) is 5.41. The third-order valence-corrected chi connectivity index (χ3v) is 3.20. The summed E-state index contributed by atoms with van der Waals surface area (Å²) in [7, 11) is 0. The van der Waals surface area contributed by atoms with E-state index in [0.717, 1.165) is 10.0 Å². The lowest BCUT2D eigenvalue weighted by molar-refractivity contribution is 0.105. The molecule has 0 aliphatic carbocycles. The van der Waals surface area contributed by atoms with Crippen molar-refractivity contribution in [1.82, 2.24) is 0 Å². The van der Waals surface area contributed by atoms with Crippen molar-refractivity contribution in [2.24, 2.45) is 0 Å². The van der Waals surface area contributed by atoms with E-state index >= 15 is 0 Å². The average Bonchev–Trinajstić information content (AvgIpc) is 2.34. The van der Waals surface area contributed by atoms with E-state index < -0.39 is 0 Å². The minimum Gasteiger partial charge on any atom is -0.372 e. The Morgan fingerprint density at radius 3 is 2.44 bits per heavy atom. The molecule has 0 aliphatic rings. The zero-order valence-electron chi connectivity index (χ0n) is 9.50. The van der Waals surface area contributed by atoms with Crippen LogP contribution in [0.1, 0.15) is 11.1 Å². The van der Waals surface area contributed by atoms with E-state index in [9.17, 15) is 4.39 Å². The van der Waals surface area contributed by atoms with Crippen LogP contribution in [0.15, 0.2) is 46.9 Å². The van der Waals surface area contributed by atoms with Gasteiger partial charge in [0.2, 0.25) is 0 Å². The van der Waals surface area contributed by atoms with Gasteiger partial charge in [0.05, 0.1) is 13.2 Å². The smallest absolute Gasteiger partial charge is 0.129 e. The van der Waals surface area contributed by atoms with Gasteiger partial charge in [-0.15, -0.1) is 0 Å². The van der Waals surface area contributed by atoms with Crippen LogP contribution in [0.2, 0.25) is 5.02 Å². The molecule has 0 saturated carbocycles. The van der Waals surface area contributed by atoms with Gasteiger partial charge in [-0.3, -0.25) is 0 Å². The van der Waals surface area contributed by atoms with Crippen LogP contribution in [0.25, 0.3) is 0 Å². The molecule has 4 heteroatoms. The first-order valence-corrected chi connectivity index (χ1v) is 6.58. The van der Waals surface area contributed by atoms with Crippen molar-refractivity contribution in [2.75, 3.05) is 0 Å². The summed E-state index contributed by atoms with van der Waals surface area (Å²) in [5.41, 5.74) is 1.56. The van der Waals surface area contributed by atoms with Gasteiger partial charge in [0.1, 0.15) is 5.82 Å². The Kier molecular flexibility index (Phi) is 4.75. The summed E-state index contributed by atoms with van der Waals surface area (Å²) >= 11 is 9.00. The first kappa shape index (κ1) is 13.5. The maximum Gasteiger partial charge on any atom is 0.129 e. The van der Waals surface area contributed by atoms with E-state index in [1.165, 1.54) is 6.07 Å². The van der Waals surface area contributed by atoms with Gasteiger partial charge in [-0.05, 0) is 29.8 Å². The molecule has 0 heterocycles. The van der Waals surface area contributed by atoms with E-state index in [1.807, 2.05) is 12.1 Å². The maximum absolute atomic E-state index is 13.5. The average molecular weight is 330 g/mol. The second-order valence-electron chi connectivity index (χ2n) is 3.85. The van der Waals surface area contributed by atoms with Crippen LogP contribution < -0.4 is 0 Å². The number of benzene rings is 2. The van der Waals surface area contributed by atoms with Crippen molar-refractivity contribution in [3.63, 3.8) is 0 Å². The summed E-state index contributed by atoms with van der Waals surface area (Å²) in [6.07, 6.45) is 0. The van der Waals surface area contributed by atoms with Crippen molar-refractivity contribution >= 4 is 27.5 Å². The molecule has 2 aromatic carbocycles. The lowest BCUT2D eigenvalue weighted by Crippen LogP contribution is -1.96. The normalized spacial score (nSPS) is 10.6. The summed E-state index contributed by atoms with van der Waals surface area (Å²) in [5.74, 6) is -0.263. The van der Waals surface area contributed by atoms with E-state index in [-0.39, 0.29) is 12.4 Å². The molecule has 94 valence electrons. The largest absolute Gasteiger partial charge is 0.372 e. The first-order chi connectivity index (χ1) is 8.65. The highest BCUT2D eigenvalue weighted by atomic mass is 79.9. The van der Waals surface area contributed by atoms with Crippen LogP contribution in [-0.4, -0.2) is 0 Å². The van der Waals surface area contributed by atoms with Gasteiger partial charge in [0, 0.05) is 15.1 Å². The number of hydrogen-bond donors (Lipinski definition) is 0. The lowest BCUT2D eigenvalue weighted by Gasteiger charge is -2.06. The van der Waals surface area contributed by atoms with E-state index in [4.69, 9.17) is 16.3 Å². The number of hydrogen-bond acceptors (Lipinski definition) is 1. The fourth-order valence-corrected chi connectivity index (χ4v) is 1.96. The Labute approximate surface area is 119 Å². The van der Waals surface area contributed by atoms with E-state index in [1.54, 1.807) is 24.3 Å². The zero-order valence-corrected chi connectivity index (χ0v) is 11.8. The number of halogens is 3.